The molecule has 2 rings (SSSR count). The van der Waals surface area contributed by atoms with Crippen LogP contribution < -0.4 is 21.7 Å². The first kappa shape index (κ1) is 30.3. The standard InChI is InChI=1S/C26H38N6O6/c1-14(2)9-21(26(37)38)31-25(36)22(15(3)4)32-24(35)20(11-17-12-28-13-29-17)30-23(34)19(27)10-16-5-7-18(33)8-6-16/h5-8,12-15,19-22,33H,9-11,27H2,1-4H3,(H,28,29)(H,30,34)(H,31,36)(H,32,35)(H,37,38). The van der Waals surface area contributed by atoms with Crippen LogP contribution in [0, 0.1) is 11.8 Å². The zero-order valence-corrected chi connectivity index (χ0v) is 22.1. The second kappa shape index (κ2) is 14.1. The van der Waals surface area contributed by atoms with Crippen molar-refractivity contribution in [3.63, 3.8) is 0 Å². The van der Waals surface area contributed by atoms with Gasteiger partial charge < -0.3 is 36.9 Å². The molecule has 3 amide bonds. The van der Waals surface area contributed by atoms with Crippen LogP contribution in [-0.4, -0.2) is 68.0 Å². The molecular weight excluding hydrogens is 492 g/mol. The van der Waals surface area contributed by atoms with E-state index < -0.39 is 47.9 Å². The number of aliphatic carboxylic acids is 1. The molecule has 0 fully saturated rings. The molecule has 1 heterocycles. The van der Waals surface area contributed by atoms with Gasteiger partial charge in [-0.25, -0.2) is 9.78 Å². The van der Waals surface area contributed by atoms with Gasteiger partial charge in [-0.1, -0.05) is 39.8 Å². The van der Waals surface area contributed by atoms with Gasteiger partial charge in [0.2, 0.25) is 17.7 Å². The molecule has 0 bridgehead atoms. The van der Waals surface area contributed by atoms with E-state index in [9.17, 15) is 29.4 Å². The largest absolute Gasteiger partial charge is 0.508 e. The van der Waals surface area contributed by atoms with Gasteiger partial charge in [-0.2, -0.15) is 0 Å². The Morgan fingerprint density at radius 3 is 2.08 bits per heavy atom. The number of amides is 3. The summed E-state index contributed by atoms with van der Waals surface area (Å²) in [5.41, 5.74) is 7.39. The summed E-state index contributed by atoms with van der Waals surface area (Å²) in [4.78, 5) is 57.6. The maximum absolute atomic E-state index is 13.3. The highest BCUT2D eigenvalue weighted by atomic mass is 16.4. The van der Waals surface area contributed by atoms with E-state index in [-0.39, 0.29) is 36.8 Å². The fourth-order valence-electron chi connectivity index (χ4n) is 3.83. The summed E-state index contributed by atoms with van der Waals surface area (Å²) in [5.74, 6) is -3.24. The van der Waals surface area contributed by atoms with Crippen molar-refractivity contribution < 1.29 is 29.4 Å². The van der Waals surface area contributed by atoms with E-state index >= 15 is 0 Å². The number of hydrogen-bond acceptors (Lipinski definition) is 7. The number of carboxylic acids is 1. The Hall–Kier alpha value is -3.93. The second-order valence-electron chi connectivity index (χ2n) is 10.1. The van der Waals surface area contributed by atoms with Crippen LogP contribution in [0.1, 0.15) is 45.4 Å². The van der Waals surface area contributed by atoms with E-state index in [1.807, 2.05) is 13.8 Å². The summed E-state index contributed by atoms with van der Waals surface area (Å²) in [6, 6.07) is 2.06. The van der Waals surface area contributed by atoms with E-state index in [4.69, 9.17) is 5.73 Å². The third-order valence-corrected chi connectivity index (χ3v) is 5.91. The highest BCUT2D eigenvalue weighted by molar-refractivity contribution is 5.94. The molecule has 0 saturated carbocycles. The molecule has 1 aromatic heterocycles. The number of rotatable bonds is 14. The van der Waals surface area contributed by atoms with Crippen molar-refractivity contribution in [2.75, 3.05) is 0 Å². The minimum atomic E-state index is -1.16. The monoisotopic (exact) mass is 530 g/mol. The quantitative estimate of drug-likeness (QED) is 0.183. The summed E-state index contributed by atoms with van der Waals surface area (Å²) in [6.07, 6.45) is 3.42. The van der Waals surface area contributed by atoms with Crippen LogP contribution >= 0.6 is 0 Å². The summed E-state index contributed by atoms with van der Waals surface area (Å²) in [5, 5.41) is 26.8. The fraction of sp³-hybridized carbons (Fsp3) is 0.500. The maximum Gasteiger partial charge on any atom is 0.326 e. The lowest BCUT2D eigenvalue weighted by atomic mass is 9.99. The Kier molecular flexibility index (Phi) is 11.3. The minimum Gasteiger partial charge on any atom is -0.508 e. The molecule has 4 unspecified atom stereocenters. The van der Waals surface area contributed by atoms with Crippen molar-refractivity contribution in [2.45, 2.75) is 71.1 Å². The molecule has 208 valence electrons. The van der Waals surface area contributed by atoms with Gasteiger partial charge in [0.05, 0.1) is 12.4 Å². The summed E-state index contributed by atoms with van der Waals surface area (Å²) in [7, 11) is 0. The summed E-state index contributed by atoms with van der Waals surface area (Å²) in [6.45, 7) is 7.13. The molecule has 8 N–H and O–H groups in total. The van der Waals surface area contributed by atoms with Crippen molar-refractivity contribution >= 4 is 23.7 Å². The molecule has 0 aliphatic heterocycles. The van der Waals surface area contributed by atoms with Gasteiger partial charge in [-0.3, -0.25) is 14.4 Å². The smallest absolute Gasteiger partial charge is 0.326 e. The maximum atomic E-state index is 13.3. The number of H-pyrrole nitrogens is 1. The molecule has 1 aromatic carbocycles. The first-order valence-corrected chi connectivity index (χ1v) is 12.5. The second-order valence-corrected chi connectivity index (χ2v) is 10.1. The number of aromatic nitrogens is 2. The molecule has 4 atom stereocenters. The molecule has 0 radical (unpaired) electrons. The zero-order valence-electron chi connectivity index (χ0n) is 22.1. The highest BCUT2D eigenvalue weighted by Gasteiger charge is 2.32. The normalized spacial score (nSPS) is 14.4. The number of imidazole rings is 1. The van der Waals surface area contributed by atoms with Crippen molar-refractivity contribution in [2.24, 2.45) is 17.6 Å². The Morgan fingerprint density at radius 2 is 1.55 bits per heavy atom. The summed E-state index contributed by atoms with van der Waals surface area (Å²) < 4.78 is 0. The van der Waals surface area contributed by atoms with E-state index in [0.29, 0.717) is 5.69 Å². The van der Waals surface area contributed by atoms with E-state index in [0.717, 1.165) is 5.56 Å². The highest BCUT2D eigenvalue weighted by Crippen LogP contribution is 2.12. The Bertz CT molecular complexity index is 1070. The molecular formula is C26H38N6O6. The molecule has 12 nitrogen and oxygen atoms in total. The Balaban J connectivity index is 2.15. The average Bonchev–Trinajstić information content (AvgIpc) is 3.35. The molecule has 0 aliphatic rings. The number of aromatic amines is 1. The number of hydrogen-bond donors (Lipinski definition) is 7. The van der Waals surface area contributed by atoms with Gasteiger partial charge in [-0.05, 0) is 42.4 Å². The van der Waals surface area contributed by atoms with Crippen LogP contribution in [0.3, 0.4) is 0 Å². The number of phenolic OH excluding ortho intramolecular Hbond substituents is 1. The van der Waals surface area contributed by atoms with Gasteiger partial charge >= 0.3 is 5.97 Å². The topological polar surface area (TPSA) is 200 Å². The third kappa shape index (κ3) is 9.51. The molecule has 38 heavy (non-hydrogen) atoms. The van der Waals surface area contributed by atoms with Gasteiger partial charge in [0, 0.05) is 18.3 Å². The van der Waals surface area contributed by atoms with E-state index in [2.05, 4.69) is 25.9 Å². The number of aromatic hydroxyl groups is 1. The van der Waals surface area contributed by atoms with Crippen molar-refractivity contribution in [1.29, 1.82) is 0 Å². The van der Waals surface area contributed by atoms with E-state index in [1.165, 1.54) is 24.7 Å². The number of carbonyl (C=O) groups is 4. The van der Waals surface area contributed by atoms with Crippen LogP contribution in [0.2, 0.25) is 0 Å². The van der Waals surface area contributed by atoms with Gasteiger partial charge in [0.15, 0.2) is 0 Å². The molecule has 0 aliphatic carbocycles. The predicted octanol–water partition coefficient (Wildman–Crippen LogP) is 0.469. The first-order chi connectivity index (χ1) is 17.9. The van der Waals surface area contributed by atoms with Gasteiger partial charge in [0.25, 0.3) is 0 Å². The van der Waals surface area contributed by atoms with Crippen LogP contribution in [0.4, 0.5) is 0 Å². The zero-order chi connectivity index (χ0) is 28.4. The van der Waals surface area contributed by atoms with Crippen LogP contribution in [-0.2, 0) is 32.0 Å². The lowest BCUT2D eigenvalue weighted by Gasteiger charge is -2.27. The van der Waals surface area contributed by atoms with Gasteiger partial charge in [0.1, 0.15) is 23.9 Å². The number of nitrogens with two attached hydrogens (primary N) is 1. The van der Waals surface area contributed by atoms with Gasteiger partial charge in [-0.15, -0.1) is 0 Å². The average molecular weight is 531 g/mol. The van der Waals surface area contributed by atoms with E-state index in [1.54, 1.807) is 26.0 Å². The van der Waals surface area contributed by atoms with Crippen molar-refractivity contribution in [3.05, 3.63) is 48.0 Å². The first-order valence-electron chi connectivity index (χ1n) is 12.5. The summed E-state index contributed by atoms with van der Waals surface area (Å²) >= 11 is 0. The van der Waals surface area contributed by atoms with Crippen LogP contribution in [0.5, 0.6) is 5.75 Å². The minimum absolute atomic E-state index is 0.0308. The van der Waals surface area contributed by atoms with Crippen LogP contribution in [0.25, 0.3) is 0 Å². The third-order valence-electron chi connectivity index (χ3n) is 5.91. The number of nitrogens with zero attached hydrogens (tertiary/aromatic N) is 1. The van der Waals surface area contributed by atoms with Crippen molar-refractivity contribution in [3.8, 4) is 5.75 Å². The number of phenols is 1. The Labute approximate surface area is 221 Å². The van der Waals surface area contributed by atoms with Crippen LogP contribution in [0.15, 0.2) is 36.8 Å². The molecule has 0 spiro atoms. The SMILES string of the molecule is CC(C)CC(NC(=O)C(NC(=O)C(Cc1cnc[nH]1)NC(=O)C(N)Cc1ccc(O)cc1)C(C)C)C(=O)O. The number of carbonyl (C=O) groups excluding carboxylic acids is 3. The lowest BCUT2D eigenvalue weighted by molar-refractivity contribution is -0.143. The molecule has 12 heteroatoms. The fourth-order valence-corrected chi connectivity index (χ4v) is 3.83. The predicted molar refractivity (Wildman–Crippen MR) is 140 cm³/mol. The number of benzene rings is 1. The number of nitrogens with one attached hydrogen (secondary N) is 4. The molecule has 2 aromatic rings. The number of carboxylic acid groups (broad SMARTS) is 1. The molecule has 0 saturated heterocycles. The van der Waals surface area contributed by atoms with Crippen molar-refractivity contribution in [1.82, 2.24) is 25.9 Å². The lowest BCUT2D eigenvalue weighted by Crippen LogP contribution is -2.59. The Morgan fingerprint density at radius 1 is 0.921 bits per heavy atom.